The number of hydrogen-bond donors (Lipinski definition) is 1. The molecule has 0 aliphatic carbocycles. The van der Waals surface area contributed by atoms with Crippen LogP contribution in [-0.4, -0.2) is 40.7 Å². The summed E-state index contributed by atoms with van der Waals surface area (Å²) in [5.74, 6) is -8.44. The van der Waals surface area contributed by atoms with Gasteiger partial charge in [-0.3, -0.25) is 9.69 Å². The van der Waals surface area contributed by atoms with Crippen LogP contribution in [0.25, 0.3) is 0 Å². The largest absolute Gasteiger partial charge is 0.481 e. The van der Waals surface area contributed by atoms with Crippen LogP contribution in [0.5, 0.6) is 0 Å². The highest BCUT2D eigenvalue weighted by Crippen LogP contribution is 2.50. The number of alkyl halides is 8. The monoisotopic (exact) mass is 531 g/mol. The molecular formula is C25H33F8NO2. The van der Waals surface area contributed by atoms with Crippen molar-refractivity contribution in [3.63, 3.8) is 0 Å². The third kappa shape index (κ3) is 8.05. The Kier molecular flexibility index (Phi) is 9.12. The molecule has 11 heteroatoms. The molecule has 0 spiro atoms. The van der Waals surface area contributed by atoms with Gasteiger partial charge in [-0.2, -0.15) is 26.3 Å². The van der Waals surface area contributed by atoms with Crippen molar-refractivity contribution in [1.29, 1.82) is 0 Å². The molecule has 0 amide bonds. The van der Waals surface area contributed by atoms with Gasteiger partial charge in [-0.15, -0.1) is 0 Å². The molecule has 3 nitrogen and oxygen atoms in total. The van der Waals surface area contributed by atoms with Crippen LogP contribution in [0.4, 0.5) is 35.1 Å². The number of piperidine rings is 1. The molecule has 1 aliphatic heterocycles. The van der Waals surface area contributed by atoms with Gasteiger partial charge in [0.25, 0.3) is 5.92 Å². The van der Waals surface area contributed by atoms with E-state index in [9.17, 15) is 36.2 Å². The number of carbonyl (C=O) groups is 1. The Labute approximate surface area is 205 Å². The van der Waals surface area contributed by atoms with E-state index in [0.29, 0.717) is 6.42 Å². The summed E-state index contributed by atoms with van der Waals surface area (Å²) < 4.78 is 109. The zero-order valence-corrected chi connectivity index (χ0v) is 20.7. The van der Waals surface area contributed by atoms with Crippen LogP contribution in [0.3, 0.4) is 0 Å². The van der Waals surface area contributed by atoms with Crippen LogP contribution in [0.2, 0.25) is 0 Å². The molecule has 4 unspecified atom stereocenters. The van der Waals surface area contributed by atoms with E-state index in [1.54, 1.807) is 0 Å². The van der Waals surface area contributed by atoms with Gasteiger partial charge in [0, 0.05) is 31.5 Å². The predicted octanol–water partition coefficient (Wildman–Crippen LogP) is 7.96. The maximum Gasteiger partial charge on any atom is 0.416 e. The molecule has 4 atom stereocenters. The first-order valence-corrected chi connectivity index (χ1v) is 11.8. The molecule has 1 heterocycles. The molecular weight excluding hydrogens is 498 g/mol. The Bertz CT molecular complexity index is 856. The molecule has 1 saturated heterocycles. The maximum absolute atomic E-state index is 15.2. The quantitative estimate of drug-likeness (QED) is 0.346. The minimum absolute atomic E-state index is 0.0215. The minimum atomic E-state index is -4.68. The summed E-state index contributed by atoms with van der Waals surface area (Å²) in [6.45, 7) is 6.46. The van der Waals surface area contributed by atoms with Crippen molar-refractivity contribution in [1.82, 2.24) is 4.90 Å². The molecule has 1 aromatic carbocycles. The number of rotatable bonds is 8. The number of hydrogen-bond acceptors (Lipinski definition) is 2. The predicted molar refractivity (Wildman–Crippen MR) is 119 cm³/mol. The SMILES string of the molecule is CC(C(=O)O)C1C(c2ccc(C(F)(F)F)cc2)N(C(CCC(C)(C)C)CCC(F)(F)F)CCC1(F)F. The van der Waals surface area contributed by atoms with Crippen LogP contribution in [-0.2, 0) is 11.0 Å². The van der Waals surface area contributed by atoms with Gasteiger partial charge < -0.3 is 5.11 Å². The van der Waals surface area contributed by atoms with E-state index in [4.69, 9.17) is 0 Å². The van der Waals surface area contributed by atoms with Gasteiger partial charge in [-0.05, 0) is 42.4 Å². The number of likely N-dealkylation sites (tertiary alicyclic amines) is 1. The fourth-order valence-corrected chi connectivity index (χ4v) is 4.90. The Morgan fingerprint density at radius 1 is 1.03 bits per heavy atom. The molecule has 0 aromatic heterocycles. The molecule has 206 valence electrons. The summed E-state index contributed by atoms with van der Waals surface area (Å²) in [5.41, 5.74) is -1.26. The Hall–Kier alpha value is -1.91. The lowest BCUT2D eigenvalue weighted by molar-refractivity contribution is -0.179. The molecule has 1 aliphatic rings. The van der Waals surface area contributed by atoms with E-state index in [1.807, 2.05) is 20.8 Å². The number of carboxylic acid groups (broad SMARTS) is 1. The molecule has 0 bridgehead atoms. The minimum Gasteiger partial charge on any atom is -0.481 e. The van der Waals surface area contributed by atoms with Crippen molar-refractivity contribution < 1.29 is 45.0 Å². The second-order valence-electron chi connectivity index (χ2n) is 10.9. The highest BCUT2D eigenvalue weighted by atomic mass is 19.4. The normalized spacial score (nSPS) is 23.3. The second-order valence-corrected chi connectivity index (χ2v) is 10.9. The summed E-state index contributed by atoms with van der Waals surface area (Å²) in [5, 5.41) is 9.58. The van der Waals surface area contributed by atoms with E-state index < -0.39 is 73.0 Å². The number of aliphatic carboxylic acids is 1. The van der Waals surface area contributed by atoms with Gasteiger partial charge in [-0.1, -0.05) is 39.8 Å². The lowest BCUT2D eigenvalue weighted by Crippen LogP contribution is -2.55. The number of benzene rings is 1. The Morgan fingerprint density at radius 2 is 1.56 bits per heavy atom. The van der Waals surface area contributed by atoms with Crippen LogP contribution >= 0.6 is 0 Å². The highest BCUT2D eigenvalue weighted by Gasteiger charge is 2.55. The van der Waals surface area contributed by atoms with E-state index in [2.05, 4.69) is 0 Å². The molecule has 1 N–H and O–H groups in total. The average Bonchev–Trinajstić information content (AvgIpc) is 2.71. The van der Waals surface area contributed by atoms with Crippen molar-refractivity contribution in [3.8, 4) is 0 Å². The Balaban J connectivity index is 2.61. The number of carboxylic acids is 1. The third-order valence-corrected chi connectivity index (χ3v) is 6.85. The topological polar surface area (TPSA) is 40.5 Å². The van der Waals surface area contributed by atoms with Crippen molar-refractivity contribution in [2.75, 3.05) is 6.54 Å². The van der Waals surface area contributed by atoms with E-state index in [-0.39, 0.29) is 23.9 Å². The van der Waals surface area contributed by atoms with E-state index in [1.165, 1.54) is 4.90 Å². The summed E-state index contributed by atoms with van der Waals surface area (Å²) in [4.78, 5) is 13.3. The zero-order chi connectivity index (χ0) is 27.7. The first-order chi connectivity index (χ1) is 16.2. The van der Waals surface area contributed by atoms with Gasteiger partial charge >= 0.3 is 18.3 Å². The van der Waals surface area contributed by atoms with Crippen molar-refractivity contribution in [2.45, 2.75) is 90.2 Å². The van der Waals surface area contributed by atoms with Gasteiger partial charge in [0.1, 0.15) is 0 Å². The summed E-state index contributed by atoms with van der Waals surface area (Å²) >= 11 is 0. The molecule has 0 radical (unpaired) electrons. The van der Waals surface area contributed by atoms with Gasteiger partial charge in [0.15, 0.2) is 0 Å². The smallest absolute Gasteiger partial charge is 0.416 e. The van der Waals surface area contributed by atoms with Crippen LogP contribution in [0.1, 0.15) is 77.0 Å². The summed E-state index contributed by atoms with van der Waals surface area (Å²) in [6, 6.07) is 1.30. The van der Waals surface area contributed by atoms with Crippen molar-refractivity contribution in [3.05, 3.63) is 35.4 Å². The Morgan fingerprint density at radius 3 is 2.00 bits per heavy atom. The molecule has 0 saturated carbocycles. The van der Waals surface area contributed by atoms with Gasteiger partial charge in [0.2, 0.25) is 0 Å². The van der Waals surface area contributed by atoms with E-state index >= 15 is 8.78 Å². The van der Waals surface area contributed by atoms with Gasteiger partial charge in [-0.25, -0.2) is 8.78 Å². The van der Waals surface area contributed by atoms with E-state index in [0.717, 1.165) is 31.2 Å². The highest BCUT2D eigenvalue weighted by molar-refractivity contribution is 5.70. The fourth-order valence-electron chi connectivity index (χ4n) is 4.90. The third-order valence-electron chi connectivity index (χ3n) is 6.85. The fraction of sp³-hybridized carbons (Fsp3) is 0.720. The van der Waals surface area contributed by atoms with Crippen LogP contribution in [0, 0.1) is 17.3 Å². The van der Waals surface area contributed by atoms with Crippen molar-refractivity contribution >= 4 is 5.97 Å². The second kappa shape index (κ2) is 10.8. The molecule has 1 aromatic rings. The standard InChI is InChI=1S/C25H33F8NO2/c1-15(21(35)36)19-20(16-5-7-17(8-6-16)25(31,32)33)34(14-13-23(19,26)27)18(9-11-22(2,3)4)10-12-24(28,29)30/h5-8,15,18-20H,9-14H2,1-4H3,(H,35,36). The van der Waals surface area contributed by atoms with Crippen molar-refractivity contribution in [2.24, 2.45) is 17.3 Å². The molecule has 1 fully saturated rings. The zero-order valence-electron chi connectivity index (χ0n) is 20.7. The molecule has 2 rings (SSSR count). The lowest BCUT2D eigenvalue weighted by Gasteiger charge is -2.50. The summed E-state index contributed by atoms with van der Waals surface area (Å²) in [7, 11) is 0. The first kappa shape index (κ1) is 30.3. The lowest BCUT2D eigenvalue weighted by atomic mass is 9.73. The number of halogens is 8. The average molecular weight is 532 g/mol. The van der Waals surface area contributed by atoms with Gasteiger partial charge in [0.05, 0.1) is 17.4 Å². The summed E-state index contributed by atoms with van der Waals surface area (Å²) in [6.07, 6.45) is -10.8. The number of nitrogens with zero attached hydrogens (tertiary/aromatic N) is 1. The first-order valence-electron chi connectivity index (χ1n) is 11.8. The van der Waals surface area contributed by atoms with Crippen LogP contribution < -0.4 is 0 Å². The molecule has 36 heavy (non-hydrogen) atoms. The maximum atomic E-state index is 15.2. The van der Waals surface area contributed by atoms with Crippen LogP contribution in [0.15, 0.2) is 24.3 Å².